The summed E-state index contributed by atoms with van der Waals surface area (Å²) in [6.45, 7) is 1.64. The predicted molar refractivity (Wildman–Crippen MR) is 81.4 cm³/mol. The third-order valence-corrected chi connectivity index (χ3v) is 4.54. The molecule has 0 atom stereocenters. The second-order valence-corrected chi connectivity index (χ2v) is 6.35. The lowest BCUT2D eigenvalue weighted by molar-refractivity contribution is 0.355. The van der Waals surface area contributed by atoms with Crippen molar-refractivity contribution in [2.24, 2.45) is 0 Å². The minimum absolute atomic E-state index is 0.173. The summed E-state index contributed by atoms with van der Waals surface area (Å²) in [5, 5.41) is 0. The van der Waals surface area contributed by atoms with Gasteiger partial charge in [-0.3, -0.25) is 4.72 Å². The summed E-state index contributed by atoms with van der Waals surface area (Å²) in [4.78, 5) is -0.772. The van der Waals surface area contributed by atoms with Crippen LogP contribution in [0.3, 0.4) is 0 Å². The number of aryl methyl sites for hydroxylation is 1. The Kier molecular flexibility index (Phi) is 4.74. The minimum atomic E-state index is -4.29. The fraction of sp³-hybridized carbons (Fsp3) is 0.200. The number of halogens is 2. The van der Waals surface area contributed by atoms with Crippen molar-refractivity contribution >= 4 is 15.7 Å². The average Bonchev–Trinajstić information content (AvgIpc) is 2.50. The molecule has 0 saturated heterocycles. The highest BCUT2D eigenvalue weighted by Gasteiger charge is 2.21. The summed E-state index contributed by atoms with van der Waals surface area (Å²) >= 11 is 0. The fourth-order valence-electron chi connectivity index (χ4n) is 1.97. The van der Waals surface area contributed by atoms with E-state index in [2.05, 4.69) is 4.72 Å². The van der Waals surface area contributed by atoms with Crippen molar-refractivity contribution in [3.63, 3.8) is 0 Å². The van der Waals surface area contributed by atoms with Crippen LogP contribution in [0.5, 0.6) is 11.5 Å². The van der Waals surface area contributed by atoms with E-state index in [4.69, 9.17) is 9.47 Å². The van der Waals surface area contributed by atoms with Gasteiger partial charge in [0.2, 0.25) is 0 Å². The lowest BCUT2D eigenvalue weighted by Crippen LogP contribution is -2.15. The van der Waals surface area contributed by atoms with Crippen molar-refractivity contribution in [2.75, 3.05) is 18.9 Å². The molecule has 0 aliphatic carbocycles. The average molecular weight is 343 g/mol. The van der Waals surface area contributed by atoms with Gasteiger partial charge < -0.3 is 9.47 Å². The Morgan fingerprint density at radius 2 is 1.61 bits per heavy atom. The molecule has 0 amide bonds. The van der Waals surface area contributed by atoms with Crippen molar-refractivity contribution in [1.82, 2.24) is 0 Å². The van der Waals surface area contributed by atoms with E-state index in [-0.39, 0.29) is 5.69 Å². The molecule has 23 heavy (non-hydrogen) atoms. The van der Waals surface area contributed by atoms with Gasteiger partial charge >= 0.3 is 0 Å². The van der Waals surface area contributed by atoms with Crippen molar-refractivity contribution in [2.45, 2.75) is 11.8 Å². The molecule has 0 radical (unpaired) electrons. The first-order chi connectivity index (χ1) is 10.8. The van der Waals surface area contributed by atoms with Gasteiger partial charge in [-0.15, -0.1) is 0 Å². The topological polar surface area (TPSA) is 64.6 Å². The Morgan fingerprint density at radius 3 is 2.22 bits per heavy atom. The van der Waals surface area contributed by atoms with Gasteiger partial charge in [0.25, 0.3) is 10.0 Å². The fourth-order valence-corrected chi connectivity index (χ4v) is 3.19. The van der Waals surface area contributed by atoms with E-state index in [1.165, 1.54) is 20.3 Å². The van der Waals surface area contributed by atoms with E-state index < -0.39 is 26.6 Å². The highest BCUT2D eigenvalue weighted by atomic mass is 32.2. The lowest BCUT2D eigenvalue weighted by Gasteiger charge is -2.15. The summed E-state index contributed by atoms with van der Waals surface area (Å²) in [6.07, 6.45) is 0. The highest BCUT2D eigenvalue weighted by Crippen LogP contribution is 2.34. The number of methoxy groups -OCH3 is 2. The van der Waals surface area contributed by atoms with Gasteiger partial charge in [0.1, 0.15) is 16.5 Å². The van der Waals surface area contributed by atoms with Gasteiger partial charge in [0.15, 0.2) is 11.5 Å². The number of sulfonamides is 1. The minimum Gasteiger partial charge on any atom is -0.493 e. The summed E-state index contributed by atoms with van der Waals surface area (Å²) in [6, 6.07) is 5.19. The van der Waals surface area contributed by atoms with Gasteiger partial charge in [0.05, 0.1) is 19.9 Å². The zero-order chi connectivity index (χ0) is 17.2. The highest BCUT2D eigenvalue weighted by molar-refractivity contribution is 7.92. The van der Waals surface area contributed by atoms with E-state index in [0.29, 0.717) is 23.1 Å². The molecule has 1 N–H and O–H groups in total. The van der Waals surface area contributed by atoms with Gasteiger partial charge in [-0.1, -0.05) is 0 Å². The molecule has 0 aromatic heterocycles. The van der Waals surface area contributed by atoms with Crippen LogP contribution in [0.25, 0.3) is 0 Å². The van der Waals surface area contributed by atoms with Gasteiger partial charge in [-0.05, 0) is 36.8 Å². The molecular weight excluding hydrogens is 328 g/mol. The molecule has 0 bridgehead atoms. The molecule has 2 rings (SSSR count). The molecule has 124 valence electrons. The quantitative estimate of drug-likeness (QED) is 0.906. The Morgan fingerprint density at radius 1 is 1.00 bits per heavy atom. The Hall–Kier alpha value is -2.35. The SMILES string of the molecule is COc1cc(C)c(NS(=O)(=O)c2cc(F)ccc2F)cc1OC. The van der Waals surface area contributed by atoms with Crippen LogP contribution in [-0.2, 0) is 10.0 Å². The molecule has 0 aliphatic rings. The first-order valence-electron chi connectivity index (χ1n) is 6.49. The molecular formula is C15H15F2NO4S. The van der Waals surface area contributed by atoms with Crippen molar-refractivity contribution < 1.29 is 26.7 Å². The van der Waals surface area contributed by atoms with E-state index in [0.717, 1.165) is 12.1 Å². The molecule has 0 fully saturated rings. The maximum absolute atomic E-state index is 13.7. The van der Waals surface area contributed by atoms with Crippen LogP contribution in [-0.4, -0.2) is 22.6 Å². The summed E-state index contributed by atoms with van der Waals surface area (Å²) < 4.78 is 63.9. The van der Waals surface area contributed by atoms with Crippen LogP contribution in [0.4, 0.5) is 14.5 Å². The Labute approximate surface area is 132 Å². The molecule has 2 aromatic rings. The van der Waals surface area contributed by atoms with E-state index in [9.17, 15) is 17.2 Å². The van der Waals surface area contributed by atoms with E-state index in [1.807, 2.05) is 0 Å². The lowest BCUT2D eigenvalue weighted by atomic mass is 10.2. The monoisotopic (exact) mass is 343 g/mol. The van der Waals surface area contributed by atoms with E-state index >= 15 is 0 Å². The van der Waals surface area contributed by atoms with Gasteiger partial charge in [-0.2, -0.15) is 0 Å². The first-order valence-corrected chi connectivity index (χ1v) is 7.97. The van der Waals surface area contributed by atoms with Crippen LogP contribution in [0, 0.1) is 18.6 Å². The molecule has 5 nitrogen and oxygen atoms in total. The molecule has 0 heterocycles. The van der Waals surface area contributed by atoms with Crippen LogP contribution >= 0.6 is 0 Å². The van der Waals surface area contributed by atoms with Crippen LogP contribution in [0.1, 0.15) is 5.56 Å². The number of hydrogen-bond donors (Lipinski definition) is 1. The Bertz CT molecular complexity index is 838. The second kappa shape index (κ2) is 6.41. The van der Waals surface area contributed by atoms with Crippen molar-refractivity contribution in [3.05, 3.63) is 47.5 Å². The number of anilines is 1. The molecule has 2 aromatic carbocycles. The molecule has 0 aliphatic heterocycles. The number of nitrogens with one attached hydrogen (secondary N) is 1. The maximum atomic E-state index is 13.7. The maximum Gasteiger partial charge on any atom is 0.264 e. The molecule has 0 spiro atoms. The summed E-state index contributed by atoms with van der Waals surface area (Å²) in [5.74, 6) is -1.17. The molecule has 0 unspecified atom stereocenters. The van der Waals surface area contributed by atoms with Crippen LogP contribution < -0.4 is 14.2 Å². The van der Waals surface area contributed by atoms with Gasteiger partial charge in [-0.25, -0.2) is 17.2 Å². The van der Waals surface area contributed by atoms with Gasteiger partial charge in [0, 0.05) is 6.07 Å². The van der Waals surface area contributed by atoms with E-state index in [1.54, 1.807) is 13.0 Å². The third-order valence-electron chi connectivity index (χ3n) is 3.16. The largest absolute Gasteiger partial charge is 0.493 e. The number of ether oxygens (including phenoxy) is 2. The van der Waals surface area contributed by atoms with Crippen LogP contribution in [0.2, 0.25) is 0 Å². The standard InChI is InChI=1S/C15H15F2NO4S/c1-9-6-13(21-2)14(22-3)8-12(9)18-23(19,20)15-7-10(16)4-5-11(15)17/h4-8,18H,1-3H3. The molecule has 8 heteroatoms. The second-order valence-electron chi connectivity index (χ2n) is 4.70. The molecule has 0 saturated carbocycles. The summed E-state index contributed by atoms with van der Waals surface area (Å²) in [7, 11) is -1.45. The zero-order valence-electron chi connectivity index (χ0n) is 12.7. The Balaban J connectivity index is 2.47. The predicted octanol–water partition coefficient (Wildman–Crippen LogP) is 3.09. The third kappa shape index (κ3) is 3.53. The van der Waals surface area contributed by atoms with Crippen molar-refractivity contribution in [1.29, 1.82) is 0 Å². The number of hydrogen-bond acceptors (Lipinski definition) is 4. The normalized spacial score (nSPS) is 11.2. The summed E-state index contributed by atoms with van der Waals surface area (Å²) in [5.41, 5.74) is 0.703. The van der Waals surface area contributed by atoms with Crippen LogP contribution in [0.15, 0.2) is 35.2 Å². The number of rotatable bonds is 5. The number of benzene rings is 2. The first kappa shape index (κ1) is 17.0. The zero-order valence-corrected chi connectivity index (χ0v) is 13.5. The van der Waals surface area contributed by atoms with Crippen molar-refractivity contribution in [3.8, 4) is 11.5 Å². The smallest absolute Gasteiger partial charge is 0.264 e.